The SMILES string of the molecule is Cc1ccc2c(c1)CCCN2S(=O)(=O)c1cc(C)c(Cl)cc1C. The van der Waals surface area contributed by atoms with Gasteiger partial charge in [0.15, 0.2) is 0 Å². The normalized spacial score (nSPS) is 14.7. The lowest BCUT2D eigenvalue weighted by molar-refractivity contribution is 0.586. The number of aryl methyl sites for hydroxylation is 4. The number of nitrogens with zero attached hydrogens (tertiary/aromatic N) is 1. The largest absolute Gasteiger partial charge is 0.266 e. The van der Waals surface area contributed by atoms with E-state index in [0.29, 0.717) is 22.0 Å². The highest BCUT2D eigenvalue weighted by atomic mass is 35.5. The summed E-state index contributed by atoms with van der Waals surface area (Å²) in [6.45, 7) is 6.16. The first kappa shape index (κ1) is 16.3. The zero-order valence-electron chi connectivity index (χ0n) is 13.6. The van der Waals surface area contributed by atoms with Gasteiger partial charge >= 0.3 is 0 Å². The van der Waals surface area contributed by atoms with Crippen molar-refractivity contribution in [3.05, 3.63) is 57.6 Å². The summed E-state index contributed by atoms with van der Waals surface area (Å²) in [6, 6.07) is 9.36. The average molecular weight is 350 g/mol. The predicted molar refractivity (Wildman–Crippen MR) is 95.0 cm³/mol. The van der Waals surface area contributed by atoms with Crippen LogP contribution in [0.1, 0.15) is 28.7 Å². The van der Waals surface area contributed by atoms with E-state index in [0.717, 1.165) is 35.2 Å². The van der Waals surface area contributed by atoms with Crippen LogP contribution in [0.15, 0.2) is 35.2 Å². The van der Waals surface area contributed by atoms with Gasteiger partial charge in [-0.1, -0.05) is 29.3 Å². The maximum Gasteiger partial charge on any atom is 0.264 e. The molecule has 0 spiro atoms. The van der Waals surface area contributed by atoms with Crippen LogP contribution in [0.4, 0.5) is 5.69 Å². The number of hydrogen-bond acceptors (Lipinski definition) is 2. The Balaban J connectivity index is 2.14. The van der Waals surface area contributed by atoms with Crippen molar-refractivity contribution in [2.75, 3.05) is 10.8 Å². The lowest BCUT2D eigenvalue weighted by Gasteiger charge is -2.31. The van der Waals surface area contributed by atoms with E-state index >= 15 is 0 Å². The lowest BCUT2D eigenvalue weighted by atomic mass is 10.0. The van der Waals surface area contributed by atoms with Gasteiger partial charge in [0.25, 0.3) is 10.0 Å². The molecule has 0 N–H and O–H groups in total. The third-order valence-electron chi connectivity index (χ3n) is 4.34. The number of benzene rings is 2. The molecule has 23 heavy (non-hydrogen) atoms. The number of sulfonamides is 1. The van der Waals surface area contributed by atoms with Gasteiger partial charge in [0.1, 0.15) is 0 Å². The lowest BCUT2D eigenvalue weighted by Crippen LogP contribution is -2.36. The van der Waals surface area contributed by atoms with Gasteiger partial charge < -0.3 is 0 Å². The summed E-state index contributed by atoms with van der Waals surface area (Å²) in [5.41, 5.74) is 4.51. The van der Waals surface area contributed by atoms with Crippen LogP contribution in [0.3, 0.4) is 0 Å². The van der Waals surface area contributed by atoms with Crippen LogP contribution in [-0.4, -0.2) is 15.0 Å². The molecular formula is C18H20ClNO2S. The molecule has 0 atom stereocenters. The zero-order valence-corrected chi connectivity index (χ0v) is 15.1. The topological polar surface area (TPSA) is 37.4 Å². The smallest absolute Gasteiger partial charge is 0.264 e. The van der Waals surface area contributed by atoms with E-state index in [1.54, 1.807) is 23.4 Å². The summed E-state index contributed by atoms with van der Waals surface area (Å²) in [7, 11) is -3.58. The van der Waals surface area contributed by atoms with Crippen molar-refractivity contribution in [3.8, 4) is 0 Å². The second kappa shape index (κ2) is 5.84. The molecule has 1 aliphatic heterocycles. The molecule has 5 heteroatoms. The van der Waals surface area contributed by atoms with E-state index in [4.69, 9.17) is 11.6 Å². The Kier molecular flexibility index (Phi) is 4.15. The number of hydrogen-bond donors (Lipinski definition) is 0. The molecule has 0 fully saturated rings. The third-order valence-corrected chi connectivity index (χ3v) is 6.70. The van der Waals surface area contributed by atoms with Crippen LogP contribution in [0, 0.1) is 20.8 Å². The van der Waals surface area contributed by atoms with Crippen molar-refractivity contribution >= 4 is 27.3 Å². The van der Waals surface area contributed by atoms with Crippen molar-refractivity contribution in [3.63, 3.8) is 0 Å². The van der Waals surface area contributed by atoms with Crippen molar-refractivity contribution in [2.45, 2.75) is 38.5 Å². The van der Waals surface area contributed by atoms with Gasteiger partial charge in [-0.3, -0.25) is 4.31 Å². The molecule has 1 aliphatic rings. The molecule has 2 aromatic carbocycles. The second-order valence-corrected chi connectivity index (χ2v) is 8.42. The van der Waals surface area contributed by atoms with Crippen molar-refractivity contribution < 1.29 is 8.42 Å². The van der Waals surface area contributed by atoms with Crippen LogP contribution in [-0.2, 0) is 16.4 Å². The van der Waals surface area contributed by atoms with Crippen LogP contribution >= 0.6 is 11.6 Å². The maximum absolute atomic E-state index is 13.2. The predicted octanol–water partition coefficient (Wildman–Crippen LogP) is 4.41. The molecule has 0 aliphatic carbocycles. The molecule has 0 saturated heterocycles. The van der Waals surface area contributed by atoms with Gasteiger partial charge in [-0.25, -0.2) is 8.42 Å². The second-order valence-electron chi connectivity index (χ2n) is 6.18. The first-order chi connectivity index (χ1) is 10.8. The number of halogens is 1. The van der Waals surface area contributed by atoms with Crippen molar-refractivity contribution in [2.24, 2.45) is 0 Å². The van der Waals surface area contributed by atoms with E-state index in [1.807, 2.05) is 26.0 Å². The molecule has 0 aromatic heterocycles. The Morgan fingerprint density at radius 1 is 1.04 bits per heavy atom. The van der Waals surface area contributed by atoms with Crippen LogP contribution in [0.25, 0.3) is 0 Å². The van der Waals surface area contributed by atoms with Gasteiger partial charge in [-0.15, -0.1) is 0 Å². The Labute approximate surface area is 142 Å². The molecule has 0 bridgehead atoms. The Bertz CT molecular complexity index is 875. The molecule has 0 amide bonds. The minimum absolute atomic E-state index is 0.341. The molecule has 0 saturated carbocycles. The maximum atomic E-state index is 13.2. The zero-order chi connectivity index (χ0) is 16.8. The minimum Gasteiger partial charge on any atom is -0.266 e. The Hall–Kier alpha value is -1.52. The Morgan fingerprint density at radius 3 is 2.52 bits per heavy atom. The monoisotopic (exact) mass is 349 g/mol. The summed E-state index contributed by atoms with van der Waals surface area (Å²) >= 11 is 6.11. The molecule has 3 rings (SSSR count). The Morgan fingerprint density at radius 2 is 1.78 bits per heavy atom. The first-order valence-electron chi connectivity index (χ1n) is 7.70. The molecule has 3 nitrogen and oxygen atoms in total. The van der Waals surface area contributed by atoms with Crippen molar-refractivity contribution in [1.29, 1.82) is 0 Å². The summed E-state index contributed by atoms with van der Waals surface area (Å²) < 4.78 is 27.9. The van der Waals surface area contributed by atoms with E-state index in [2.05, 4.69) is 6.07 Å². The summed E-state index contributed by atoms with van der Waals surface area (Å²) in [4.78, 5) is 0.341. The van der Waals surface area contributed by atoms with Crippen molar-refractivity contribution in [1.82, 2.24) is 0 Å². The van der Waals surface area contributed by atoms with E-state index in [-0.39, 0.29) is 0 Å². The van der Waals surface area contributed by atoms with Crippen LogP contribution < -0.4 is 4.31 Å². The van der Waals surface area contributed by atoms with Gasteiger partial charge in [-0.05, 0) is 68.5 Å². The van der Waals surface area contributed by atoms with E-state index in [9.17, 15) is 8.42 Å². The average Bonchev–Trinajstić information content (AvgIpc) is 2.49. The highest BCUT2D eigenvalue weighted by Gasteiger charge is 2.30. The molecule has 2 aromatic rings. The number of anilines is 1. The fraction of sp³-hybridized carbons (Fsp3) is 0.333. The van der Waals surface area contributed by atoms with Gasteiger partial charge in [0.2, 0.25) is 0 Å². The quantitative estimate of drug-likeness (QED) is 0.805. The standard InChI is InChI=1S/C18H20ClNO2S/c1-12-6-7-17-15(9-12)5-4-8-20(17)23(21,22)18-11-13(2)16(19)10-14(18)3/h6-7,9-11H,4-5,8H2,1-3H3. The number of fused-ring (bicyclic) bond motifs is 1. The summed E-state index contributed by atoms with van der Waals surface area (Å²) in [6.07, 6.45) is 1.75. The fourth-order valence-corrected chi connectivity index (χ4v) is 5.15. The third kappa shape index (κ3) is 2.86. The minimum atomic E-state index is -3.58. The van der Waals surface area contributed by atoms with Crippen LogP contribution in [0.2, 0.25) is 5.02 Å². The molecule has 122 valence electrons. The molecule has 1 heterocycles. The van der Waals surface area contributed by atoms with E-state index in [1.165, 1.54) is 0 Å². The van der Waals surface area contributed by atoms with Crippen LogP contribution in [0.5, 0.6) is 0 Å². The highest BCUT2D eigenvalue weighted by molar-refractivity contribution is 7.92. The fourth-order valence-electron chi connectivity index (χ4n) is 3.09. The van der Waals surface area contributed by atoms with Gasteiger partial charge in [0.05, 0.1) is 10.6 Å². The number of rotatable bonds is 2. The molecule has 0 radical (unpaired) electrons. The summed E-state index contributed by atoms with van der Waals surface area (Å²) in [5, 5.41) is 0.594. The molecule has 0 unspecified atom stereocenters. The first-order valence-corrected chi connectivity index (χ1v) is 9.51. The van der Waals surface area contributed by atoms with Gasteiger partial charge in [0, 0.05) is 11.6 Å². The van der Waals surface area contributed by atoms with Gasteiger partial charge in [-0.2, -0.15) is 0 Å². The summed E-state index contributed by atoms with van der Waals surface area (Å²) in [5.74, 6) is 0. The van der Waals surface area contributed by atoms with E-state index < -0.39 is 10.0 Å². The molecular weight excluding hydrogens is 330 g/mol. The highest BCUT2D eigenvalue weighted by Crippen LogP contribution is 2.34.